The summed E-state index contributed by atoms with van der Waals surface area (Å²) in [5.41, 5.74) is -2.09. The van der Waals surface area contributed by atoms with Gasteiger partial charge in [0.1, 0.15) is 11.5 Å². The lowest BCUT2D eigenvalue weighted by atomic mass is 9.58. The van der Waals surface area contributed by atoms with Crippen molar-refractivity contribution in [2.75, 3.05) is 27.7 Å². The molecular weight excluding hydrogens is 496 g/mol. The van der Waals surface area contributed by atoms with Crippen LogP contribution in [0.2, 0.25) is 0 Å². The molecule has 0 saturated heterocycles. The first-order valence-corrected chi connectivity index (χ1v) is 12.4. The van der Waals surface area contributed by atoms with Crippen LogP contribution in [0.25, 0.3) is 0 Å². The van der Waals surface area contributed by atoms with Crippen LogP contribution in [-0.2, 0) is 5.60 Å². The molecule has 0 amide bonds. The molecule has 34 heavy (non-hydrogen) atoms. The summed E-state index contributed by atoms with van der Waals surface area (Å²) < 4.78 is 13.6. The van der Waals surface area contributed by atoms with E-state index in [-0.39, 0.29) is 11.8 Å². The van der Waals surface area contributed by atoms with Gasteiger partial charge in [0.25, 0.3) is 0 Å². The number of benzene rings is 1. The number of pyridine rings is 1. The van der Waals surface area contributed by atoms with Gasteiger partial charge in [-0.05, 0) is 26.1 Å². The smallest absolute Gasteiger partial charge is 0.164 e. The van der Waals surface area contributed by atoms with E-state index in [0.29, 0.717) is 30.0 Å². The molecular formula is C27H31BrN2O4. The Morgan fingerprint density at radius 3 is 2.59 bits per heavy atom. The van der Waals surface area contributed by atoms with Gasteiger partial charge in [0.05, 0.1) is 31.2 Å². The molecule has 6 atom stereocenters. The summed E-state index contributed by atoms with van der Waals surface area (Å²) in [5.74, 6) is 0.257. The summed E-state index contributed by atoms with van der Waals surface area (Å²) in [7, 11) is 5.53. The summed E-state index contributed by atoms with van der Waals surface area (Å²) >= 11 is 3.58. The van der Waals surface area contributed by atoms with Crippen LogP contribution in [0, 0.1) is 11.3 Å². The zero-order chi connectivity index (χ0) is 24.3. The number of hydrogen-bond acceptors (Lipinski definition) is 6. The number of aromatic nitrogens is 1. The second-order valence-corrected chi connectivity index (χ2v) is 11.0. The van der Waals surface area contributed by atoms with Gasteiger partial charge < -0.3 is 24.6 Å². The van der Waals surface area contributed by atoms with Crippen molar-refractivity contribution in [1.29, 1.82) is 0 Å². The van der Waals surface area contributed by atoms with Gasteiger partial charge in [0.2, 0.25) is 0 Å². The van der Waals surface area contributed by atoms with Crippen LogP contribution in [-0.4, -0.2) is 59.6 Å². The molecule has 6 nitrogen and oxygen atoms in total. The molecule has 180 valence electrons. The quantitative estimate of drug-likeness (QED) is 0.613. The van der Waals surface area contributed by atoms with Crippen LogP contribution in [0.3, 0.4) is 0 Å². The lowest BCUT2D eigenvalue weighted by Crippen LogP contribution is -2.63. The van der Waals surface area contributed by atoms with Crippen molar-refractivity contribution in [3.05, 3.63) is 76.6 Å². The number of rotatable bonds is 5. The van der Waals surface area contributed by atoms with E-state index in [0.717, 1.165) is 10.0 Å². The summed E-state index contributed by atoms with van der Waals surface area (Å²) in [6, 6.07) is 10.1. The maximum atomic E-state index is 12.8. The van der Waals surface area contributed by atoms with Crippen molar-refractivity contribution >= 4 is 15.9 Å². The summed E-state index contributed by atoms with van der Waals surface area (Å²) in [6.45, 7) is 2.69. The molecule has 1 saturated carbocycles. The van der Waals surface area contributed by atoms with Crippen molar-refractivity contribution in [3.63, 3.8) is 0 Å². The Hall–Kier alpha value is -2.19. The summed E-state index contributed by atoms with van der Waals surface area (Å²) in [4.78, 5) is 6.36. The molecule has 0 bridgehead atoms. The van der Waals surface area contributed by atoms with Crippen molar-refractivity contribution in [1.82, 2.24) is 9.88 Å². The lowest BCUT2D eigenvalue weighted by Gasteiger charge is -2.51. The van der Waals surface area contributed by atoms with Crippen molar-refractivity contribution in [2.24, 2.45) is 11.3 Å². The maximum absolute atomic E-state index is 12.8. The number of hydrogen-bond donors (Lipinski definition) is 2. The van der Waals surface area contributed by atoms with Crippen LogP contribution in [0.1, 0.15) is 30.4 Å². The minimum atomic E-state index is -1.73. The van der Waals surface area contributed by atoms with E-state index in [1.807, 2.05) is 38.4 Å². The third kappa shape index (κ3) is 3.00. The monoisotopic (exact) mass is 526 g/mol. The summed E-state index contributed by atoms with van der Waals surface area (Å²) in [5, 5.41) is 24.9. The average molecular weight is 527 g/mol. The molecule has 2 N–H and O–H groups in total. The predicted octanol–water partition coefficient (Wildman–Crippen LogP) is 3.99. The Kier molecular flexibility index (Phi) is 5.67. The zero-order valence-corrected chi connectivity index (χ0v) is 21.5. The molecule has 0 radical (unpaired) electrons. The van der Waals surface area contributed by atoms with E-state index in [4.69, 9.17) is 9.47 Å². The number of fused-ring (bicyclic) bond motifs is 3. The minimum Gasteiger partial charge on any atom is -0.495 e. The molecule has 5 rings (SSSR count). The predicted molar refractivity (Wildman–Crippen MR) is 134 cm³/mol. The van der Waals surface area contributed by atoms with Crippen molar-refractivity contribution < 1.29 is 19.7 Å². The molecule has 1 fully saturated rings. The molecule has 1 aromatic heterocycles. The first-order chi connectivity index (χ1) is 16.2. The zero-order valence-electron chi connectivity index (χ0n) is 19.9. The molecule has 7 heteroatoms. The fourth-order valence-electron chi connectivity index (χ4n) is 6.59. The standard InChI is InChI=1S/C27H31BrN2O4/c1-25(12-10-18(28)11-13-25)27-22(17-8-6-5-7-9-17)19(16-30(2)3)24(31)26(27,32)23-20(33-4)14-29-15-21(23)34-27/h5-12,14-15,19,22,24,31-32H,13,16H2,1-4H3/t19-,22-,24-,25?,26+,27-/m1/s1. The SMILES string of the molecule is COc1cncc2c1[C@]1(O)[C@H](O)[C@H](CN(C)C)[C@@H](c3ccccc3)[C@]1(C1(C)C=CC(Br)=CC1)O2. The highest BCUT2D eigenvalue weighted by molar-refractivity contribution is 9.11. The second kappa shape index (κ2) is 8.19. The van der Waals surface area contributed by atoms with Gasteiger partial charge in [-0.25, -0.2) is 0 Å². The maximum Gasteiger partial charge on any atom is 0.164 e. The molecule has 1 aromatic carbocycles. The Balaban J connectivity index is 1.85. The Bertz CT molecular complexity index is 1150. The minimum absolute atomic E-state index is 0.298. The highest BCUT2D eigenvalue weighted by Crippen LogP contribution is 2.71. The van der Waals surface area contributed by atoms with E-state index < -0.39 is 22.7 Å². The number of methoxy groups -OCH3 is 1. The fourth-order valence-corrected chi connectivity index (χ4v) is 6.88. The van der Waals surface area contributed by atoms with E-state index in [1.165, 1.54) is 0 Å². The van der Waals surface area contributed by atoms with Crippen LogP contribution in [0.4, 0.5) is 0 Å². The average Bonchev–Trinajstić information content (AvgIpc) is 3.20. The molecule has 0 spiro atoms. The van der Waals surface area contributed by atoms with Gasteiger partial charge in [0, 0.05) is 28.3 Å². The fraction of sp³-hybridized carbons (Fsp3) is 0.444. The molecule has 2 heterocycles. The van der Waals surface area contributed by atoms with Gasteiger partial charge >= 0.3 is 0 Å². The first kappa shape index (κ1) is 23.5. The van der Waals surface area contributed by atoms with Crippen LogP contribution in [0.5, 0.6) is 11.5 Å². The van der Waals surface area contributed by atoms with Gasteiger partial charge in [0.15, 0.2) is 11.2 Å². The number of ether oxygens (including phenoxy) is 2. The molecule has 3 aliphatic rings. The van der Waals surface area contributed by atoms with Gasteiger partial charge in [-0.2, -0.15) is 0 Å². The van der Waals surface area contributed by atoms with Gasteiger partial charge in [-0.3, -0.25) is 4.98 Å². The molecule has 2 aliphatic carbocycles. The Morgan fingerprint density at radius 2 is 1.97 bits per heavy atom. The largest absolute Gasteiger partial charge is 0.495 e. The van der Waals surface area contributed by atoms with Crippen LogP contribution in [0.15, 0.2) is 65.4 Å². The highest BCUT2D eigenvalue weighted by Gasteiger charge is 2.80. The van der Waals surface area contributed by atoms with E-state index >= 15 is 0 Å². The normalized spacial score (nSPS) is 36.1. The number of aliphatic hydroxyl groups is 2. The first-order valence-electron chi connectivity index (χ1n) is 11.6. The molecule has 1 aliphatic heterocycles. The summed E-state index contributed by atoms with van der Waals surface area (Å²) in [6.07, 6.45) is 8.94. The molecule has 2 aromatic rings. The van der Waals surface area contributed by atoms with Gasteiger partial charge in [-0.1, -0.05) is 71.4 Å². The number of allylic oxidation sites excluding steroid dienone is 3. The number of aliphatic hydroxyl groups excluding tert-OH is 1. The Labute approximate surface area is 209 Å². The second-order valence-electron chi connectivity index (χ2n) is 10.1. The number of halogens is 1. The van der Waals surface area contributed by atoms with E-state index in [2.05, 4.69) is 57.0 Å². The van der Waals surface area contributed by atoms with Crippen molar-refractivity contribution in [3.8, 4) is 11.5 Å². The Morgan fingerprint density at radius 1 is 1.24 bits per heavy atom. The lowest BCUT2D eigenvalue weighted by molar-refractivity contribution is -0.185. The topological polar surface area (TPSA) is 75.0 Å². The third-order valence-electron chi connectivity index (χ3n) is 7.93. The highest BCUT2D eigenvalue weighted by atomic mass is 79.9. The van der Waals surface area contributed by atoms with E-state index in [1.54, 1.807) is 19.5 Å². The molecule has 1 unspecified atom stereocenters. The van der Waals surface area contributed by atoms with Crippen LogP contribution >= 0.6 is 15.9 Å². The van der Waals surface area contributed by atoms with E-state index in [9.17, 15) is 10.2 Å². The number of nitrogens with zero attached hydrogens (tertiary/aromatic N) is 2. The van der Waals surface area contributed by atoms with Crippen LogP contribution < -0.4 is 9.47 Å². The third-order valence-corrected chi connectivity index (χ3v) is 8.52. The van der Waals surface area contributed by atoms with Gasteiger partial charge in [-0.15, -0.1) is 0 Å². The van der Waals surface area contributed by atoms with Crippen molar-refractivity contribution in [2.45, 2.75) is 36.6 Å².